The largest absolute Gasteiger partial charge is 0.382 e. The van der Waals surface area contributed by atoms with E-state index in [-0.39, 0.29) is 12.5 Å². The summed E-state index contributed by atoms with van der Waals surface area (Å²) in [7, 11) is 1.60. The number of hydrogen-bond acceptors (Lipinski definition) is 4. The third-order valence-electron chi connectivity index (χ3n) is 2.90. The van der Waals surface area contributed by atoms with Gasteiger partial charge in [-0.25, -0.2) is 4.98 Å². The molecule has 6 nitrogen and oxygen atoms in total. The number of imidazole rings is 1. The zero-order chi connectivity index (χ0) is 12.8. The van der Waals surface area contributed by atoms with Gasteiger partial charge in [-0.2, -0.15) is 0 Å². The maximum atomic E-state index is 11.6. The normalized spacial score (nSPS) is 14.3. The fourth-order valence-electron chi connectivity index (χ4n) is 2.00. The first-order valence-corrected chi connectivity index (χ1v) is 6.22. The molecule has 1 amide bonds. The molecular weight excluding hydrogens is 234 g/mol. The number of methoxy groups -OCH3 is 1. The second kappa shape index (κ2) is 6.51. The van der Waals surface area contributed by atoms with Crippen molar-refractivity contribution >= 4 is 11.7 Å². The fraction of sp³-hybridized carbons (Fsp3) is 0.667. The molecule has 18 heavy (non-hydrogen) atoms. The molecule has 1 aromatic rings. The average Bonchev–Trinajstić information content (AvgIpc) is 2.78. The molecule has 0 fully saturated rings. The van der Waals surface area contributed by atoms with Gasteiger partial charge < -0.3 is 19.4 Å². The van der Waals surface area contributed by atoms with E-state index in [9.17, 15) is 4.79 Å². The van der Waals surface area contributed by atoms with Gasteiger partial charge in [0.05, 0.1) is 19.4 Å². The monoisotopic (exact) mass is 253 g/mol. The molecule has 0 saturated carbocycles. The van der Waals surface area contributed by atoms with E-state index in [4.69, 9.17) is 9.47 Å². The Labute approximate surface area is 106 Å². The highest BCUT2D eigenvalue weighted by molar-refractivity contribution is 5.90. The molecule has 0 atom stereocenters. The number of carbonyl (C=O) groups excluding carboxylic acids is 1. The zero-order valence-corrected chi connectivity index (χ0v) is 10.6. The molecule has 0 unspecified atom stereocenters. The highest BCUT2D eigenvalue weighted by Gasteiger charge is 2.15. The quantitative estimate of drug-likeness (QED) is 0.762. The molecule has 1 aliphatic heterocycles. The predicted molar refractivity (Wildman–Crippen MR) is 66.5 cm³/mol. The highest BCUT2D eigenvalue weighted by atomic mass is 16.5. The van der Waals surface area contributed by atoms with Crippen LogP contribution in [0.4, 0.5) is 5.82 Å². The van der Waals surface area contributed by atoms with E-state index in [1.165, 1.54) is 6.42 Å². The molecule has 0 radical (unpaired) electrons. The van der Waals surface area contributed by atoms with Crippen molar-refractivity contribution in [3.63, 3.8) is 0 Å². The summed E-state index contributed by atoms with van der Waals surface area (Å²) in [6.07, 6.45) is 5.01. The van der Waals surface area contributed by atoms with Gasteiger partial charge in [0.15, 0.2) is 0 Å². The van der Waals surface area contributed by atoms with E-state index >= 15 is 0 Å². The molecule has 2 rings (SSSR count). The van der Waals surface area contributed by atoms with Crippen LogP contribution in [-0.4, -0.2) is 42.4 Å². The van der Waals surface area contributed by atoms with Gasteiger partial charge in [-0.3, -0.25) is 4.79 Å². The summed E-state index contributed by atoms with van der Waals surface area (Å²) in [6, 6.07) is 0. The maximum absolute atomic E-state index is 11.6. The summed E-state index contributed by atoms with van der Waals surface area (Å²) in [5, 5.41) is 2.82. The minimum Gasteiger partial charge on any atom is -0.382 e. The number of carbonyl (C=O) groups is 1. The molecule has 1 aromatic heterocycles. The van der Waals surface area contributed by atoms with Crippen LogP contribution in [0.3, 0.4) is 0 Å². The Morgan fingerprint density at radius 3 is 3.22 bits per heavy atom. The van der Waals surface area contributed by atoms with Gasteiger partial charge in [0.2, 0.25) is 0 Å². The summed E-state index contributed by atoms with van der Waals surface area (Å²) >= 11 is 0. The summed E-state index contributed by atoms with van der Waals surface area (Å²) in [5.74, 6) is 1.67. The number of ether oxygens (including phenoxy) is 2. The van der Waals surface area contributed by atoms with Crippen LogP contribution in [0.15, 0.2) is 6.20 Å². The Balaban J connectivity index is 1.82. The van der Waals surface area contributed by atoms with E-state index in [0.29, 0.717) is 13.2 Å². The Morgan fingerprint density at radius 1 is 1.50 bits per heavy atom. The summed E-state index contributed by atoms with van der Waals surface area (Å²) in [4.78, 5) is 15.9. The van der Waals surface area contributed by atoms with E-state index in [2.05, 4.69) is 14.9 Å². The SMILES string of the molecule is COCCOCC(=O)Nc1cnc2n1CCCC2. The van der Waals surface area contributed by atoms with Crippen molar-refractivity contribution in [2.24, 2.45) is 0 Å². The molecular formula is C12H19N3O3. The molecule has 0 saturated heterocycles. The van der Waals surface area contributed by atoms with Crippen molar-refractivity contribution in [2.75, 3.05) is 32.2 Å². The maximum Gasteiger partial charge on any atom is 0.251 e. The van der Waals surface area contributed by atoms with Crippen molar-refractivity contribution in [2.45, 2.75) is 25.8 Å². The smallest absolute Gasteiger partial charge is 0.251 e. The number of rotatable bonds is 6. The number of nitrogens with zero attached hydrogens (tertiary/aromatic N) is 2. The van der Waals surface area contributed by atoms with Gasteiger partial charge in [0.25, 0.3) is 5.91 Å². The molecule has 2 heterocycles. The summed E-state index contributed by atoms with van der Waals surface area (Å²) in [5.41, 5.74) is 0. The zero-order valence-electron chi connectivity index (χ0n) is 10.6. The number of nitrogens with one attached hydrogen (secondary N) is 1. The first-order chi connectivity index (χ1) is 8.81. The Hall–Kier alpha value is -1.40. The van der Waals surface area contributed by atoms with E-state index in [1.54, 1.807) is 13.3 Å². The molecule has 6 heteroatoms. The predicted octanol–water partition coefficient (Wildman–Crippen LogP) is 0.821. The van der Waals surface area contributed by atoms with Gasteiger partial charge in [-0.05, 0) is 12.8 Å². The average molecular weight is 253 g/mol. The van der Waals surface area contributed by atoms with Crippen molar-refractivity contribution < 1.29 is 14.3 Å². The number of fused-ring (bicyclic) bond motifs is 1. The molecule has 0 aliphatic carbocycles. The number of aryl methyl sites for hydroxylation is 1. The van der Waals surface area contributed by atoms with Crippen LogP contribution in [0.5, 0.6) is 0 Å². The van der Waals surface area contributed by atoms with Crippen LogP contribution in [0, 0.1) is 0 Å². The van der Waals surface area contributed by atoms with E-state index in [1.807, 2.05) is 0 Å². The van der Waals surface area contributed by atoms with Crippen LogP contribution in [0.1, 0.15) is 18.7 Å². The molecule has 100 valence electrons. The number of anilines is 1. The molecule has 0 spiro atoms. The van der Waals surface area contributed by atoms with Crippen molar-refractivity contribution in [1.29, 1.82) is 0 Å². The third-order valence-corrected chi connectivity index (χ3v) is 2.90. The van der Waals surface area contributed by atoms with Crippen LogP contribution < -0.4 is 5.32 Å². The van der Waals surface area contributed by atoms with Crippen molar-refractivity contribution in [3.8, 4) is 0 Å². The lowest BCUT2D eigenvalue weighted by molar-refractivity contribution is -0.121. The number of amides is 1. The van der Waals surface area contributed by atoms with Crippen molar-refractivity contribution in [3.05, 3.63) is 12.0 Å². The summed E-state index contributed by atoms with van der Waals surface area (Å²) < 4.78 is 12.1. The molecule has 0 aromatic carbocycles. The van der Waals surface area contributed by atoms with Crippen LogP contribution in [0.25, 0.3) is 0 Å². The lowest BCUT2D eigenvalue weighted by atomic mass is 10.2. The standard InChI is InChI=1S/C12H19N3O3/c1-17-6-7-18-9-12(16)14-11-8-13-10-4-2-3-5-15(10)11/h8H,2-7,9H2,1H3,(H,14,16). The lowest BCUT2D eigenvalue weighted by Gasteiger charge is -2.16. The topological polar surface area (TPSA) is 65.4 Å². The van der Waals surface area contributed by atoms with Gasteiger partial charge in [0.1, 0.15) is 18.2 Å². The molecule has 1 N–H and O–H groups in total. The van der Waals surface area contributed by atoms with Crippen LogP contribution in [-0.2, 0) is 27.2 Å². The fourth-order valence-corrected chi connectivity index (χ4v) is 2.00. The first kappa shape index (κ1) is 13.0. The van der Waals surface area contributed by atoms with Gasteiger partial charge >= 0.3 is 0 Å². The molecule has 1 aliphatic rings. The van der Waals surface area contributed by atoms with Crippen LogP contribution in [0.2, 0.25) is 0 Å². The van der Waals surface area contributed by atoms with Gasteiger partial charge in [-0.15, -0.1) is 0 Å². The van der Waals surface area contributed by atoms with Crippen LogP contribution >= 0.6 is 0 Å². The Kier molecular flexibility index (Phi) is 4.72. The van der Waals surface area contributed by atoms with Crippen molar-refractivity contribution in [1.82, 2.24) is 9.55 Å². The molecule has 0 bridgehead atoms. The Morgan fingerprint density at radius 2 is 2.39 bits per heavy atom. The number of hydrogen-bond donors (Lipinski definition) is 1. The summed E-state index contributed by atoms with van der Waals surface area (Å²) in [6.45, 7) is 1.89. The highest BCUT2D eigenvalue weighted by Crippen LogP contribution is 2.19. The minimum absolute atomic E-state index is 0.0455. The second-order valence-corrected chi connectivity index (χ2v) is 4.26. The van der Waals surface area contributed by atoms with E-state index < -0.39 is 0 Å². The number of aromatic nitrogens is 2. The minimum atomic E-state index is -0.153. The van der Waals surface area contributed by atoms with E-state index in [0.717, 1.165) is 31.0 Å². The van der Waals surface area contributed by atoms with Gasteiger partial charge in [0, 0.05) is 20.1 Å². The third kappa shape index (κ3) is 3.30. The second-order valence-electron chi connectivity index (χ2n) is 4.26. The van der Waals surface area contributed by atoms with Gasteiger partial charge in [-0.1, -0.05) is 0 Å². The Bertz CT molecular complexity index is 403. The lowest BCUT2D eigenvalue weighted by Crippen LogP contribution is -2.22. The first-order valence-electron chi connectivity index (χ1n) is 6.22.